The van der Waals surface area contributed by atoms with E-state index in [0.29, 0.717) is 11.0 Å². The van der Waals surface area contributed by atoms with Gasteiger partial charge < -0.3 is 15.2 Å². The summed E-state index contributed by atoms with van der Waals surface area (Å²) in [4.78, 5) is 12.2. The Balaban J connectivity index is 1.99. The second kappa shape index (κ2) is 6.88. The zero-order chi connectivity index (χ0) is 14.5. The molecular formula is C15H21NO3S. The standard InChI is InChI=1S/C15H21NO3S/c1-3-20-11-8-7-10(9-11)16-15(18)12-5-4-6-13(19-2)14(12)17/h4-6,10-11,17H,3,7-9H2,1-2H3,(H,16,18). The Morgan fingerprint density at radius 2 is 2.30 bits per heavy atom. The molecule has 1 aromatic carbocycles. The number of benzene rings is 1. The van der Waals surface area contributed by atoms with Crippen LogP contribution in [-0.2, 0) is 0 Å². The maximum absolute atomic E-state index is 12.2. The van der Waals surface area contributed by atoms with Gasteiger partial charge in [0.25, 0.3) is 5.91 Å². The van der Waals surface area contributed by atoms with Gasteiger partial charge in [-0.05, 0) is 37.1 Å². The van der Waals surface area contributed by atoms with E-state index < -0.39 is 0 Å². The number of phenols is 1. The Labute approximate surface area is 123 Å². The highest BCUT2D eigenvalue weighted by Gasteiger charge is 2.27. The number of methoxy groups -OCH3 is 1. The predicted molar refractivity (Wildman–Crippen MR) is 81.7 cm³/mol. The summed E-state index contributed by atoms with van der Waals surface area (Å²) in [5, 5.41) is 13.6. The average molecular weight is 295 g/mol. The van der Waals surface area contributed by atoms with Crippen molar-refractivity contribution in [1.82, 2.24) is 5.32 Å². The molecular weight excluding hydrogens is 274 g/mol. The molecule has 2 atom stereocenters. The Morgan fingerprint density at radius 3 is 3.00 bits per heavy atom. The number of aromatic hydroxyl groups is 1. The lowest BCUT2D eigenvalue weighted by Gasteiger charge is -2.14. The van der Waals surface area contributed by atoms with Crippen molar-refractivity contribution in [2.45, 2.75) is 37.5 Å². The first-order chi connectivity index (χ1) is 9.65. The molecule has 2 rings (SSSR count). The van der Waals surface area contributed by atoms with Crippen LogP contribution in [0.3, 0.4) is 0 Å². The number of rotatable bonds is 5. The van der Waals surface area contributed by atoms with Gasteiger partial charge in [-0.25, -0.2) is 0 Å². The van der Waals surface area contributed by atoms with Gasteiger partial charge in [0.1, 0.15) is 0 Å². The summed E-state index contributed by atoms with van der Waals surface area (Å²) in [5.41, 5.74) is 0.274. The number of phenolic OH excluding ortho intramolecular Hbond substituents is 1. The van der Waals surface area contributed by atoms with Crippen molar-refractivity contribution in [2.24, 2.45) is 0 Å². The van der Waals surface area contributed by atoms with Crippen molar-refractivity contribution in [1.29, 1.82) is 0 Å². The second-order valence-electron chi connectivity index (χ2n) is 4.92. The minimum absolute atomic E-state index is 0.0926. The second-order valence-corrected chi connectivity index (χ2v) is 6.49. The molecule has 1 aliphatic carbocycles. The van der Waals surface area contributed by atoms with E-state index in [4.69, 9.17) is 4.74 Å². The molecule has 1 aromatic rings. The van der Waals surface area contributed by atoms with Crippen LogP contribution in [0.1, 0.15) is 36.5 Å². The number of para-hydroxylation sites is 1. The lowest BCUT2D eigenvalue weighted by atomic mass is 10.1. The maximum atomic E-state index is 12.2. The van der Waals surface area contributed by atoms with Crippen molar-refractivity contribution in [2.75, 3.05) is 12.9 Å². The normalized spacial score (nSPS) is 21.7. The quantitative estimate of drug-likeness (QED) is 0.877. The third kappa shape index (κ3) is 3.39. The van der Waals surface area contributed by atoms with Crippen LogP contribution in [0.25, 0.3) is 0 Å². The summed E-state index contributed by atoms with van der Waals surface area (Å²) in [6, 6.07) is 5.16. The number of hydrogen-bond donors (Lipinski definition) is 2. The van der Waals surface area contributed by atoms with Gasteiger partial charge in [-0.2, -0.15) is 11.8 Å². The van der Waals surface area contributed by atoms with E-state index in [1.165, 1.54) is 7.11 Å². The smallest absolute Gasteiger partial charge is 0.255 e. The molecule has 5 heteroatoms. The maximum Gasteiger partial charge on any atom is 0.255 e. The fourth-order valence-corrected chi connectivity index (χ4v) is 3.73. The van der Waals surface area contributed by atoms with Crippen LogP contribution in [0.4, 0.5) is 0 Å². The van der Waals surface area contributed by atoms with Crippen LogP contribution in [0.2, 0.25) is 0 Å². The Hall–Kier alpha value is -1.36. The van der Waals surface area contributed by atoms with E-state index in [9.17, 15) is 9.90 Å². The van der Waals surface area contributed by atoms with Crippen LogP contribution >= 0.6 is 11.8 Å². The van der Waals surface area contributed by atoms with Gasteiger partial charge in [0.2, 0.25) is 0 Å². The van der Waals surface area contributed by atoms with Gasteiger partial charge >= 0.3 is 0 Å². The minimum Gasteiger partial charge on any atom is -0.504 e. The van der Waals surface area contributed by atoms with Crippen molar-refractivity contribution in [3.63, 3.8) is 0 Å². The zero-order valence-corrected chi connectivity index (χ0v) is 12.7. The first kappa shape index (κ1) is 15.0. The molecule has 0 aromatic heterocycles. The van der Waals surface area contributed by atoms with E-state index >= 15 is 0 Å². The third-order valence-corrected chi connectivity index (χ3v) is 4.82. The van der Waals surface area contributed by atoms with E-state index in [2.05, 4.69) is 12.2 Å². The molecule has 2 N–H and O–H groups in total. The molecule has 1 amide bonds. The van der Waals surface area contributed by atoms with Crippen LogP contribution in [-0.4, -0.2) is 35.2 Å². The monoisotopic (exact) mass is 295 g/mol. The van der Waals surface area contributed by atoms with Gasteiger partial charge in [-0.15, -0.1) is 0 Å². The van der Waals surface area contributed by atoms with Crippen LogP contribution < -0.4 is 10.1 Å². The zero-order valence-electron chi connectivity index (χ0n) is 11.9. The van der Waals surface area contributed by atoms with Crippen molar-refractivity contribution in [3.8, 4) is 11.5 Å². The fraction of sp³-hybridized carbons (Fsp3) is 0.533. The van der Waals surface area contributed by atoms with E-state index in [1.54, 1.807) is 18.2 Å². The molecule has 0 spiro atoms. The molecule has 110 valence electrons. The highest BCUT2D eigenvalue weighted by Crippen LogP contribution is 2.32. The summed E-state index contributed by atoms with van der Waals surface area (Å²) < 4.78 is 5.02. The summed E-state index contributed by atoms with van der Waals surface area (Å²) >= 11 is 1.95. The van der Waals surface area contributed by atoms with Gasteiger partial charge in [0.15, 0.2) is 11.5 Å². The van der Waals surface area contributed by atoms with E-state index in [0.717, 1.165) is 25.0 Å². The number of hydrogen-bond acceptors (Lipinski definition) is 4. The van der Waals surface area contributed by atoms with Gasteiger partial charge in [-0.1, -0.05) is 13.0 Å². The highest BCUT2D eigenvalue weighted by atomic mass is 32.2. The fourth-order valence-electron chi connectivity index (χ4n) is 2.59. The highest BCUT2D eigenvalue weighted by molar-refractivity contribution is 7.99. The average Bonchev–Trinajstić information content (AvgIpc) is 2.86. The van der Waals surface area contributed by atoms with E-state index in [1.807, 2.05) is 11.8 Å². The molecule has 4 nitrogen and oxygen atoms in total. The molecule has 0 radical (unpaired) electrons. The molecule has 0 aliphatic heterocycles. The lowest BCUT2D eigenvalue weighted by Crippen LogP contribution is -2.33. The minimum atomic E-state index is -0.228. The Bertz CT molecular complexity index is 478. The molecule has 1 fully saturated rings. The number of carbonyl (C=O) groups excluding carboxylic acids is 1. The SMILES string of the molecule is CCSC1CCC(NC(=O)c2cccc(OC)c2O)C1. The van der Waals surface area contributed by atoms with Gasteiger partial charge in [0, 0.05) is 11.3 Å². The van der Waals surface area contributed by atoms with Crippen LogP contribution in [0.15, 0.2) is 18.2 Å². The third-order valence-electron chi connectivity index (χ3n) is 3.59. The first-order valence-corrected chi connectivity index (χ1v) is 7.99. The molecule has 0 heterocycles. The van der Waals surface area contributed by atoms with Gasteiger partial charge in [0.05, 0.1) is 12.7 Å². The number of amides is 1. The van der Waals surface area contributed by atoms with Crippen molar-refractivity contribution in [3.05, 3.63) is 23.8 Å². The summed E-state index contributed by atoms with van der Waals surface area (Å²) in [6.07, 6.45) is 3.16. The van der Waals surface area contributed by atoms with Gasteiger partial charge in [-0.3, -0.25) is 4.79 Å². The Morgan fingerprint density at radius 1 is 1.50 bits per heavy atom. The molecule has 20 heavy (non-hydrogen) atoms. The van der Waals surface area contributed by atoms with Crippen LogP contribution in [0.5, 0.6) is 11.5 Å². The van der Waals surface area contributed by atoms with Crippen LogP contribution in [0, 0.1) is 0 Å². The first-order valence-electron chi connectivity index (χ1n) is 6.94. The topological polar surface area (TPSA) is 58.6 Å². The molecule has 1 saturated carbocycles. The molecule has 0 bridgehead atoms. The number of ether oxygens (including phenoxy) is 1. The summed E-state index contributed by atoms with van der Waals surface area (Å²) in [5.74, 6) is 1.11. The molecule has 2 unspecified atom stereocenters. The summed E-state index contributed by atoms with van der Waals surface area (Å²) in [6.45, 7) is 2.16. The number of carbonyl (C=O) groups is 1. The summed E-state index contributed by atoms with van der Waals surface area (Å²) in [7, 11) is 1.47. The van der Waals surface area contributed by atoms with Crippen molar-refractivity contribution >= 4 is 17.7 Å². The largest absolute Gasteiger partial charge is 0.504 e. The molecule has 1 aliphatic rings. The Kier molecular flexibility index (Phi) is 5.17. The number of nitrogens with one attached hydrogen (secondary N) is 1. The predicted octanol–water partition coefficient (Wildman–Crippen LogP) is 2.80. The van der Waals surface area contributed by atoms with E-state index in [-0.39, 0.29) is 23.3 Å². The lowest BCUT2D eigenvalue weighted by molar-refractivity contribution is 0.0934. The van der Waals surface area contributed by atoms with Crippen molar-refractivity contribution < 1.29 is 14.6 Å². The number of thioether (sulfide) groups is 1. The molecule has 0 saturated heterocycles.